The highest BCUT2D eigenvalue weighted by molar-refractivity contribution is 14.0. The van der Waals surface area contributed by atoms with Crippen LogP contribution in [0.4, 0.5) is 5.69 Å². The maximum absolute atomic E-state index is 9.20. The predicted octanol–water partition coefficient (Wildman–Crippen LogP) is 2.42. The number of anilines is 1. The highest BCUT2D eigenvalue weighted by Crippen LogP contribution is 2.45. The molecule has 0 amide bonds. The van der Waals surface area contributed by atoms with Crippen molar-refractivity contribution in [3.63, 3.8) is 0 Å². The van der Waals surface area contributed by atoms with E-state index in [1.54, 1.807) is 0 Å². The van der Waals surface area contributed by atoms with Gasteiger partial charge < -0.3 is 16.2 Å². The van der Waals surface area contributed by atoms with Gasteiger partial charge in [0.1, 0.15) is 0 Å². The molecule has 0 aliphatic heterocycles. The third kappa shape index (κ3) is 4.65. The number of hydrogen-bond donors (Lipinski definition) is 3. The highest BCUT2D eigenvalue weighted by Gasteiger charge is 2.41. The molecule has 1 aromatic carbocycles. The molecule has 0 heterocycles. The lowest BCUT2D eigenvalue weighted by Crippen LogP contribution is -2.24. The van der Waals surface area contributed by atoms with Gasteiger partial charge in [0, 0.05) is 11.1 Å². The molecule has 19 heavy (non-hydrogen) atoms. The van der Waals surface area contributed by atoms with E-state index < -0.39 is 0 Å². The van der Waals surface area contributed by atoms with Crippen LogP contribution in [0.3, 0.4) is 0 Å². The normalized spacial score (nSPS) is 16.7. The minimum Gasteiger partial charge on any atom is -0.396 e. The van der Waals surface area contributed by atoms with Crippen molar-refractivity contribution in [2.75, 3.05) is 18.5 Å². The number of aliphatic imine (C=N–C) groups is 1. The van der Waals surface area contributed by atoms with Crippen LogP contribution in [0.25, 0.3) is 0 Å². The largest absolute Gasteiger partial charge is 0.396 e. The lowest BCUT2D eigenvalue weighted by Gasteiger charge is -2.10. The van der Waals surface area contributed by atoms with Gasteiger partial charge in [0.05, 0.1) is 13.2 Å². The number of nitrogens with two attached hydrogens (primary N) is 1. The van der Waals surface area contributed by atoms with E-state index in [0.29, 0.717) is 12.5 Å². The Hall–Kier alpha value is -0.820. The summed E-state index contributed by atoms with van der Waals surface area (Å²) in [5, 5.41) is 12.3. The van der Waals surface area contributed by atoms with Crippen molar-refractivity contribution >= 4 is 35.6 Å². The summed E-state index contributed by atoms with van der Waals surface area (Å²) >= 11 is 0. The van der Waals surface area contributed by atoms with Crippen LogP contribution in [0.15, 0.2) is 23.2 Å². The van der Waals surface area contributed by atoms with Gasteiger partial charge in [-0.15, -0.1) is 24.0 Å². The van der Waals surface area contributed by atoms with Crippen molar-refractivity contribution in [3.05, 3.63) is 29.3 Å². The maximum Gasteiger partial charge on any atom is 0.193 e. The van der Waals surface area contributed by atoms with Crippen LogP contribution in [-0.4, -0.2) is 24.2 Å². The Bertz CT molecular complexity index is 450. The Labute approximate surface area is 131 Å². The third-order valence-corrected chi connectivity index (χ3v) is 3.37. The number of nitrogens with one attached hydrogen (secondary N) is 1. The first-order chi connectivity index (χ1) is 8.53. The molecule has 106 valence electrons. The number of aliphatic hydroxyl groups is 1. The van der Waals surface area contributed by atoms with Crippen molar-refractivity contribution in [2.24, 2.45) is 16.1 Å². The van der Waals surface area contributed by atoms with E-state index in [1.807, 2.05) is 12.1 Å². The highest BCUT2D eigenvalue weighted by atomic mass is 127. The Morgan fingerprint density at radius 1 is 1.32 bits per heavy atom. The predicted molar refractivity (Wildman–Crippen MR) is 90.2 cm³/mol. The van der Waals surface area contributed by atoms with E-state index in [1.165, 1.54) is 11.1 Å². The zero-order valence-electron chi connectivity index (χ0n) is 11.4. The summed E-state index contributed by atoms with van der Waals surface area (Å²) < 4.78 is 0. The molecule has 5 heteroatoms. The van der Waals surface area contributed by atoms with Gasteiger partial charge in [0.25, 0.3) is 0 Å². The zero-order valence-corrected chi connectivity index (χ0v) is 13.8. The van der Waals surface area contributed by atoms with Gasteiger partial charge in [-0.05, 0) is 49.9 Å². The standard InChI is InChI=1S/C14H21N3O.HI/c1-10-5-11(2)7-12(6-10)17-13(15)16-8-14(9-18)3-4-14;/h5-7,18H,3-4,8-9H2,1-2H3,(H3,15,16,17);1H. The number of aliphatic hydroxyl groups excluding tert-OH is 1. The molecule has 4 N–H and O–H groups in total. The summed E-state index contributed by atoms with van der Waals surface area (Å²) in [5.41, 5.74) is 9.21. The molecule has 0 unspecified atom stereocenters. The van der Waals surface area contributed by atoms with E-state index in [4.69, 9.17) is 5.73 Å². The molecule has 2 rings (SSSR count). The van der Waals surface area contributed by atoms with Gasteiger partial charge >= 0.3 is 0 Å². The second-order valence-electron chi connectivity index (χ2n) is 5.36. The number of rotatable bonds is 4. The Morgan fingerprint density at radius 2 is 1.89 bits per heavy atom. The molecule has 0 aromatic heterocycles. The molecule has 0 bridgehead atoms. The topological polar surface area (TPSA) is 70.6 Å². The number of halogens is 1. The van der Waals surface area contributed by atoms with Crippen molar-refractivity contribution in [1.82, 2.24) is 0 Å². The summed E-state index contributed by atoms with van der Waals surface area (Å²) in [6, 6.07) is 6.19. The lowest BCUT2D eigenvalue weighted by molar-refractivity contribution is 0.217. The molecule has 1 aliphatic rings. The maximum atomic E-state index is 9.20. The van der Waals surface area contributed by atoms with E-state index in [0.717, 1.165) is 18.5 Å². The molecular weight excluding hydrogens is 353 g/mol. The minimum absolute atomic E-state index is 0. The summed E-state index contributed by atoms with van der Waals surface area (Å²) in [7, 11) is 0. The fraction of sp³-hybridized carbons (Fsp3) is 0.500. The average molecular weight is 375 g/mol. The molecule has 1 fully saturated rings. The summed E-state index contributed by atoms with van der Waals surface area (Å²) in [6.45, 7) is 4.91. The Kier molecular flexibility index (Phi) is 5.61. The Balaban J connectivity index is 0.00000180. The molecule has 4 nitrogen and oxygen atoms in total. The average Bonchev–Trinajstić information content (AvgIpc) is 3.05. The van der Waals surface area contributed by atoms with Crippen LogP contribution >= 0.6 is 24.0 Å². The van der Waals surface area contributed by atoms with Gasteiger partial charge in [0.2, 0.25) is 0 Å². The smallest absolute Gasteiger partial charge is 0.193 e. The molecule has 0 atom stereocenters. The Morgan fingerprint density at radius 3 is 2.37 bits per heavy atom. The van der Waals surface area contributed by atoms with E-state index in [9.17, 15) is 5.11 Å². The summed E-state index contributed by atoms with van der Waals surface area (Å²) in [4.78, 5) is 4.31. The van der Waals surface area contributed by atoms with Gasteiger partial charge in [-0.25, -0.2) is 0 Å². The van der Waals surface area contributed by atoms with Crippen LogP contribution in [0, 0.1) is 19.3 Å². The number of guanidine groups is 1. The minimum atomic E-state index is 0. The third-order valence-electron chi connectivity index (χ3n) is 3.37. The van der Waals surface area contributed by atoms with Crippen LogP contribution in [0.2, 0.25) is 0 Å². The van der Waals surface area contributed by atoms with Gasteiger partial charge in [-0.1, -0.05) is 6.07 Å². The van der Waals surface area contributed by atoms with Crippen molar-refractivity contribution < 1.29 is 5.11 Å². The molecule has 0 radical (unpaired) electrons. The number of aryl methyl sites for hydroxylation is 2. The SMILES string of the molecule is Cc1cc(C)cc(NC(N)=NCC2(CO)CC2)c1.I. The van der Waals surface area contributed by atoms with Gasteiger partial charge in [0.15, 0.2) is 5.96 Å². The molecule has 1 aliphatic carbocycles. The van der Waals surface area contributed by atoms with E-state index in [-0.39, 0.29) is 36.0 Å². The lowest BCUT2D eigenvalue weighted by atomic mass is 10.1. The van der Waals surface area contributed by atoms with E-state index in [2.05, 4.69) is 30.2 Å². The van der Waals surface area contributed by atoms with Crippen LogP contribution in [0.1, 0.15) is 24.0 Å². The van der Waals surface area contributed by atoms with Crippen LogP contribution in [0.5, 0.6) is 0 Å². The first-order valence-corrected chi connectivity index (χ1v) is 6.29. The van der Waals surface area contributed by atoms with E-state index >= 15 is 0 Å². The fourth-order valence-corrected chi connectivity index (χ4v) is 2.03. The summed E-state index contributed by atoms with van der Waals surface area (Å²) in [5.74, 6) is 0.416. The fourth-order valence-electron chi connectivity index (χ4n) is 2.03. The van der Waals surface area contributed by atoms with Crippen molar-refractivity contribution in [3.8, 4) is 0 Å². The molecular formula is C14H22IN3O. The molecule has 0 spiro atoms. The first kappa shape index (κ1) is 16.2. The van der Waals surface area contributed by atoms with Gasteiger partial charge in [-0.2, -0.15) is 0 Å². The number of nitrogens with zero attached hydrogens (tertiary/aromatic N) is 1. The van der Waals surface area contributed by atoms with Crippen molar-refractivity contribution in [2.45, 2.75) is 26.7 Å². The number of hydrogen-bond acceptors (Lipinski definition) is 2. The second-order valence-corrected chi connectivity index (χ2v) is 5.36. The van der Waals surface area contributed by atoms with Crippen LogP contribution in [-0.2, 0) is 0 Å². The van der Waals surface area contributed by atoms with Crippen molar-refractivity contribution in [1.29, 1.82) is 0 Å². The first-order valence-electron chi connectivity index (χ1n) is 6.29. The van der Waals surface area contributed by atoms with Gasteiger partial charge in [-0.3, -0.25) is 4.99 Å². The molecule has 1 saturated carbocycles. The van der Waals surface area contributed by atoms with Crippen LogP contribution < -0.4 is 11.1 Å². The second kappa shape index (κ2) is 6.56. The quantitative estimate of drug-likeness (QED) is 0.430. The summed E-state index contributed by atoms with van der Waals surface area (Å²) in [6.07, 6.45) is 2.09. The number of benzene rings is 1. The molecule has 1 aromatic rings. The zero-order chi connectivity index (χ0) is 13.2. The molecule has 0 saturated heterocycles. The monoisotopic (exact) mass is 375 g/mol.